The van der Waals surface area contributed by atoms with Crippen molar-refractivity contribution in [1.82, 2.24) is 4.98 Å². The fourth-order valence-electron chi connectivity index (χ4n) is 3.66. The molecular weight excluding hydrogens is 454 g/mol. The quantitative estimate of drug-likeness (QED) is 0.286. The number of anilines is 2. The number of sulfonamides is 1. The zero-order chi connectivity index (χ0) is 23.0. The van der Waals surface area contributed by atoms with Crippen LogP contribution in [0.2, 0.25) is 0 Å². The van der Waals surface area contributed by atoms with Crippen LogP contribution in [0.25, 0.3) is 21.7 Å². The number of nitrogens with zero attached hydrogens (tertiary/aromatic N) is 1. The van der Waals surface area contributed by atoms with Crippen molar-refractivity contribution in [3.05, 3.63) is 91.0 Å². The zero-order valence-electron chi connectivity index (χ0n) is 17.3. The van der Waals surface area contributed by atoms with Gasteiger partial charge in [0.25, 0.3) is 10.0 Å². The number of benzene rings is 4. The Balaban J connectivity index is 1.64. The van der Waals surface area contributed by atoms with E-state index in [0.29, 0.717) is 32.3 Å². The lowest BCUT2D eigenvalue weighted by Crippen LogP contribution is -2.14. The van der Waals surface area contributed by atoms with Gasteiger partial charge in [-0.15, -0.1) is 0 Å². The highest BCUT2D eigenvalue weighted by atomic mass is 32.2. The standard InChI is InChI=1S/C25H19N3O3S2/c26-23-14-13-16-7-6-12-22(24(16)27-23)33(30,31)28-20-15-21(32-17-8-2-1-3-9-17)25(29)19-11-5-4-10-18(19)20/h1-15,28-29H,(H2,26,27). The Morgan fingerprint density at radius 3 is 2.36 bits per heavy atom. The van der Waals surface area contributed by atoms with Gasteiger partial charge in [0.05, 0.1) is 16.1 Å². The summed E-state index contributed by atoms with van der Waals surface area (Å²) < 4.78 is 29.6. The second kappa shape index (κ2) is 8.31. The summed E-state index contributed by atoms with van der Waals surface area (Å²) >= 11 is 1.36. The number of nitrogens with one attached hydrogen (secondary N) is 1. The van der Waals surface area contributed by atoms with Crippen LogP contribution >= 0.6 is 11.8 Å². The first-order valence-electron chi connectivity index (χ1n) is 10.1. The SMILES string of the molecule is Nc1ccc2cccc(S(=O)(=O)Nc3cc(Sc4ccccc4)c(O)c4ccccc34)c2n1. The highest BCUT2D eigenvalue weighted by Crippen LogP contribution is 2.43. The van der Waals surface area contributed by atoms with Crippen LogP contribution < -0.4 is 10.5 Å². The van der Waals surface area contributed by atoms with Crippen molar-refractivity contribution in [3.8, 4) is 5.75 Å². The molecule has 164 valence electrons. The minimum Gasteiger partial charge on any atom is -0.506 e. The minimum absolute atomic E-state index is 0.0294. The number of pyridine rings is 1. The first kappa shape index (κ1) is 21.1. The molecule has 5 rings (SSSR count). The number of phenols is 1. The Hall–Kier alpha value is -3.75. The highest BCUT2D eigenvalue weighted by Gasteiger charge is 2.21. The van der Waals surface area contributed by atoms with Crippen molar-refractivity contribution in [1.29, 1.82) is 0 Å². The van der Waals surface area contributed by atoms with Crippen LogP contribution in [-0.2, 0) is 10.0 Å². The van der Waals surface area contributed by atoms with Crippen LogP contribution in [0.3, 0.4) is 0 Å². The molecule has 1 heterocycles. The molecule has 0 saturated carbocycles. The van der Waals surface area contributed by atoms with Gasteiger partial charge in [0, 0.05) is 21.1 Å². The largest absolute Gasteiger partial charge is 0.506 e. The molecule has 5 aromatic rings. The van der Waals surface area contributed by atoms with E-state index in [0.717, 1.165) is 4.90 Å². The predicted octanol–water partition coefficient (Wildman–Crippen LogP) is 5.63. The molecule has 0 amide bonds. The zero-order valence-corrected chi connectivity index (χ0v) is 18.9. The third-order valence-corrected chi connectivity index (χ3v) is 7.63. The lowest BCUT2D eigenvalue weighted by molar-refractivity contribution is 0.469. The first-order chi connectivity index (χ1) is 15.9. The van der Waals surface area contributed by atoms with Gasteiger partial charge in [0.1, 0.15) is 16.5 Å². The molecule has 0 fully saturated rings. The summed E-state index contributed by atoms with van der Waals surface area (Å²) in [5.41, 5.74) is 6.48. The topological polar surface area (TPSA) is 105 Å². The number of nitrogen functional groups attached to an aromatic ring is 1. The van der Waals surface area contributed by atoms with Gasteiger partial charge in [-0.25, -0.2) is 13.4 Å². The van der Waals surface area contributed by atoms with Crippen LogP contribution in [0.15, 0.2) is 106 Å². The Kier molecular flexibility index (Phi) is 5.32. The molecule has 0 unspecified atom stereocenters. The molecule has 33 heavy (non-hydrogen) atoms. The molecule has 4 aromatic carbocycles. The van der Waals surface area contributed by atoms with E-state index in [2.05, 4.69) is 9.71 Å². The molecule has 4 N–H and O–H groups in total. The molecule has 0 atom stereocenters. The molecule has 0 spiro atoms. The maximum absolute atomic E-state index is 13.5. The van der Waals surface area contributed by atoms with Crippen molar-refractivity contribution in [2.45, 2.75) is 14.7 Å². The van der Waals surface area contributed by atoms with Crippen molar-refractivity contribution in [3.63, 3.8) is 0 Å². The van der Waals surface area contributed by atoms with Crippen molar-refractivity contribution < 1.29 is 13.5 Å². The number of aromatic hydroxyl groups is 1. The molecule has 0 aliphatic carbocycles. The fraction of sp³-hybridized carbons (Fsp3) is 0. The second-order valence-electron chi connectivity index (χ2n) is 7.40. The average Bonchev–Trinajstić information content (AvgIpc) is 2.82. The number of nitrogens with two attached hydrogens (primary N) is 1. The summed E-state index contributed by atoms with van der Waals surface area (Å²) in [6, 6.07) is 26.7. The minimum atomic E-state index is -4.01. The van der Waals surface area contributed by atoms with Gasteiger partial charge in [-0.1, -0.05) is 66.4 Å². The fourth-order valence-corrected chi connectivity index (χ4v) is 5.84. The highest BCUT2D eigenvalue weighted by molar-refractivity contribution is 7.99. The normalized spacial score (nSPS) is 11.6. The molecule has 6 nitrogen and oxygen atoms in total. The van der Waals surface area contributed by atoms with Crippen molar-refractivity contribution >= 4 is 55.0 Å². The maximum Gasteiger partial charge on any atom is 0.264 e. The van der Waals surface area contributed by atoms with Gasteiger partial charge in [0.2, 0.25) is 0 Å². The van der Waals surface area contributed by atoms with Crippen LogP contribution in [0, 0.1) is 0 Å². The van der Waals surface area contributed by atoms with Gasteiger partial charge < -0.3 is 10.8 Å². The second-order valence-corrected chi connectivity index (χ2v) is 10.2. The van der Waals surface area contributed by atoms with Gasteiger partial charge in [-0.05, 0) is 36.4 Å². The van der Waals surface area contributed by atoms with Gasteiger partial charge in [0.15, 0.2) is 0 Å². The van der Waals surface area contributed by atoms with Crippen LogP contribution in [-0.4, -0.2) is 18.5 Å². The molecule has 0 aliphatic rings. The summed E-state index contributed by atoms with van der Waals surface area (Å²) in [6.45, 7) is 0. The maximum atomic E-state index is 13.5. The Labute approximate surface area is 195 Å². The van der Waals surface area contributed by atoms with E-state index < -0.39 is 10.0 Å². The van der Waals surface area contributed by atoms with Gasteiger partial charge >= 0.3 is 0 Å². The van der Waals surface area contributed by atoms with Crippen molar-refractivity contribution in [2.24, 2.45) is 0 Å². The molecule has 0 saturated heterocycles. The third-order valence-electron chi connectivity index (χ3n) is 5.19. The Bertz CT molecular complexity index is 1600. The number of fused-ring (bicyclic) bond motifs is 2. The summed E-state index contributed by atoms with van der Waals surface area (Å²) in [6.07, 6.45) is 0. The summed E-state index contributed by atoms with van der Waals surface area (Å²) in [5.74, 6) is 0.337. The molecule has 0 bridgehead atoms. The number of aromatic nitrogens is 1. The van der Waals surface area contributed by atoms with E-state index in [9.17, 15) is 13.5 Å². The number of rotatable bonds is 5. The smallest absolute Gasteiger partial charge is 0.264 e. The predicted molar refractivity (Wildman–Crippen MR) is 133 cm³/mol. The van der Waals surface area contributed by atoms with E-state index in [1.165, 1.54) is 17.8 Å². The molecule has 1 aromatic heterocycles. The lowest BCUT2D eigenvalue weighted by atomic mass is 10.1. The number of para-hydroxylation sites is 1. The number of hydrogen-bond donors (Lipinski definition) is 3. The van der Waals surface area contributed by atoms with Crippen LogP contribution in [0.1, 0.15) is 0 Å². The lowest BCUT2D eigenvalue weighted by Gasteiger charge is -2.15. The number of hydrogen-bond acceptors (Lipinski definition) is 6. The molecular formula is C25H19N3O3S2. The first-order valence-corrected chi connectivity index (χ1v) is 12.4. The van der Waals surface area contributed by atoms with Crippen LogP contribution in [0.4, 0.5) is 11.5 Å². The molecule has 0 radical (unpaired) electrons. The van der Waals surface area contributed by atoms with E-state index in [4.69, 9.17) is 5.73 Å². The Morgan fingerprint density at radius 1 is 0.848 bits per heavy atom. The van der Waals surface area contributed by atoms with Gasteiger partial charge in [-0.2, -0.15) is 0 Å². The van der Waals surface area contributed by atoms with E-state index in [1.54, 1.807) is 54.6 Å². The van der Waals surface area contributed by atoms with Crippen molar-refractivity contribution in [2.75, 3.05) is 10.5 Å². The third kappa shape index (κ3) is 4.06. The monoisotopic (exact) mass is 473 g/mol. The molecule has 8 heteroatoms. The summed E-state index contributed by atoms with van der Waals surface area (Å²) in [7, 11) is -4.01. The summed E-state index contributed by atoms with van der Waals surface area (Å²) in [4.78, 5) is 5.74. The number of phenolic OH excluding ortho intramolecular Hbond substituents is 1. The van der Waals surface area contributed by atoms with E-state index >= 15 is 0 Å². The summed E-state index contributed by atoms with van der Waals surface area (Å²) in [5, 5.41) is 12.7. The van der Waals surface area contributed by atoms with Gasteiger partial charge in [-0.3, -0.25) is 4.72 Å². The van der Waals surface area contributed by atoms with Crippen LogP contribution in [0.5, 0.6) is 5.75 Å². The molecule has 0 aliphatic heterocycles. The van der Waals surface area contributed by atoms with E-state index in [-0.39, 0.29) is 16.5 Å². The Morgan fingerprint density at radius 2 is 1.58 bits per heavy atom. The average molecular weight is 474 g/mol. The van der Waals surface area contributed by atoms with E-state index in [1.807, 2.05) is 30.3 Å².